The molecular weight excluding hydrogens is 501 g/mol. The van der Waals surface area contributed by atoms with Gasteiger partial charge in [0.05, 0.1) is 22.3 Å². The van der Waals surface area contributed by atoms with Crippen LogP contribution in [0.15, 0.2) is 59.8 Å². The Morgan fingerprint density at radius 1 is 1.17 bits per heavy atom. The molecule has 1 aliphatic heterocycles. The van der Waals surface area contributed by atoms with E-state index in [1.54, 1.807) is 30.5 Å². The molecule has 3 aromatic rings. The van der Waals surface area contributed by atoms with Crippen LogP contribution >= 0.6 is 11.6 Å². The van der Waals surface area contributed by atoms with Crippen molar-refractivity contribution in [2.75, 3.05) is 7.05 Å². The van der Waals surface area contributed by atoms with Crippen LogP contribution in [-0.4, -0.2) is 29.7 Å². The fourth-order valence-electron chi connectivity index (χ4n) is 3.50. The second-order valence-electron chi connectivity index (χ2n) is 7.70. The van der Waals surface area contributed by atoms with Crippen molar-refractivity contribution in [2.45, 2.75) is 18.8 Å². The summed E-state index contributed by atoms with van der Waals surface area (Å²) in [5, 5.41) is 9.39. The number of rotatable bonds is 6. The van der Waals surface area contributed by atoms with Crippen LogP contribution in [0.3, 0.4) is 0 Å². The number of amides is 2. The quantitative estimate of drug-likeness (QED) is 0.338. The Kier molecular flexibility index (Phi) is 7.17. The van der Waals surface area contributed by atoms with Gasteiger partial charge >= 0.3 is 12.3 Å². The molecule has 0 saturated carbocycles. The van der Waals surface area contributed by atoms with E-state index in [0.717, 1.165) is 12.1 Å². The lowest BCUT2D eigenvalue weighted by atomic mass is 9.99. The fraction of sp³-hybridized carbons (Fsp3) is 0.174. The lowest BCUT2D eigenvalue weighted by Gasteiger charge is -2.14. The van der Waals surface area contributed by atoms with Crippen LogP contribution in [0.5, 0.6) is 5.75 Å². The first-order valence-corrected chi connectivity index (χ1v) is 10.9. The zero-order valence-electron chi connectivity index (χ0n) is 18.7. The maximum atomic E-state index is 12.9. The van der Waals surface area contributed by atoms with Gasteiger partial charge in [0.1, 0.15) is 5.69 Å². The molecule has 2 amide bonds. The molecule has 0 aliphatic carbocycles. The second kappa shape index (κ2) is 10.3. The van der Waals surface area contributed by atoms with Crippen LogP contribution in [0.25, 0.3) is 0 Å². The van der Waals surface area contributed by atoms with Gasteiger partial charge in [0.25, 0.3) is 5.91 Å². The molecule has 0 spiro atoms. The van der Waals surface area contributed by atoms with Gasteiger partial charge in [0.2, 0.25) is 0 Å². The minimum Gasteiger partial charge on any atom is -0.409 e. The van der Waals surface area contributed by atoms with Crippen molar-refractivity contribution in [3.63, 3.8) is 0 Å². The number of alkyl halides is 3. The van der Waals surface area contributed by atoms with Crippen LogP contribution in [0, 0.1) is 0 Å². The van der Waals surface area contributed by atoms with Crippen molar-refractivity contribution >= 4 is 29.3 Å². The van der Waals surface area contributed by atoms with E-state index in [0.29, 0.717) is 22.4 Å². The largest absolute Gasteiger partial charge is 0.416 e. The van der Waals surface area contributed by atoms with E-state index >= 15 is 0 Å². The van der Waals surface area contributed by atoms with Crippen molar-refractivity contribution in [2.24, 2.45) is 5.10 Å². The lowest BCUT2D eigenvalue weighted by molar-refractivity contribution is -0.137. The third kappa shape index (κ3) is 5.61. The number of aromatic nitrogens is 1. The number of carbonyl (C=O) groups is 2. The smallest absolute Gasteiger partial charge is 0.409 e. The molecule has 188 valence electrons. The summed E-state index contributed by atoms with van der Waals surface area (Å²) in [6.45, 7) is -0.0766. The Morgan fingerprint density at radius 2 is 1.97 bits per heavy atom. The highest BCUT2D eigenvalue weighted by Gasteiger charge is 2.30. The number of nitrogens with one attached hydrogen (secondary N) is 5. The Labute approximate surface area is 208 Å². The summed E-state index contributed by atoms with van der Waals surface area (Å²) < 4.78 is 43.8. The van der Waals surface area contributed by atoms with Gasteiger partial charge < -0.3 is 20.4 Å². The van der Waals surface area contributed by atoms with Gasteiger partial charge in [0, 0.05) is 25.4 Å². The highest BCUT2D eigenvalue weighted by atomic mass is 35.5. The van der Waals surface area contributed by atoms with Crippen LogP contribution < -0.4 is 26.3 Å². The van der Waals surface area contributed by atoms with E-state index in [1.807, 2.05) is 0 Å². The number of hydrazine groups is 1. The zero-order chi connectivity index (χ0) is 25.9. The number of hydrogen-bond acceptors (Lipinski definition) is 6. The van der Waals surface area contributed by atoms with Gasteiger partial charge in [-0.15, -0.1) is 0 Å². The van der Waals surface area contributed by atoms with Gasteiger partial charge in [-0.1, -0.05) is 29.8 Å². The maximum Gasteiger partial charge on any atom is 0.416 e. The van der Waals surface area contributed by atoms with Gasteiger partial charge in [-0.25, -0.2) is 15.8 Å². The number of carbonyl (C=O) groups excluding carboxylic acids is 2. The number of ether oxygens (including phenoxy) is 1. The summed E-state index contributed by atoms with van der Waals surface area (Å²) >= 11 is 6.25. The molecule has 0 fully saturated rings. The molecular formula is C23H20ClF3N6O3. The first-order chi connectivity index (χ1) is 17.2. The molecule has 1 aromatic heterocycles. The number of halogens is 4. The standard InChI is InChI=1S/C23H20ClF3N6O3/c1-28-22(35)36-18-6-5-13(8-16(18)24)19-20(32-33-31-19)14-9-17(29-11-14)21(34)30-10-12-3-2-4-15(7-12)23(25,26)27/h2-9,11,19,29,31,33H,10H2,1H3,(H,28,35)(H,30,34). The SMILES string of the molecule is CNC(=O)Oc1ccc(C2NNN=C2c2c[nH]c(C(=O)NCc3cccc(C(F)(F)F)c3)c2)cc1Cl. The van der Waals surface area contributed by atoms with Crippen LogP contribution in [0.4, 0.5) is 18.0 Å². The molecule has 2 heterocycles. The van der Waals surface area contributed by atoms with Gasteiger partial charge in [-0.3, -0.25) is 4.79 Å². The topological polar surface area (TPSA) is 120 Å². The molecule has 5 N–H and O–H groups in total. The first kappa shape index (κ1) is 25.1. The first-order valence-electron chi connectivity index (χ1n) is 10.6. The number of benzene rings is 2. The third-order valence-corrected chi connectivity index (χ3v) is 5.58. The second-order valence-corrected chi connectivity index (χ2v) is 8.11. The zero-order valence-corrected chi connectivity index (χ0v) is 19.4. The normalized spacial score (nSPS) is 15.1. The Morgan fingerprint density at radius 3 is 2.69 bits per heavy atom. The Hall–Kier alpha value is -4.03. The molecule has 0 radical (unpaired) electrons. The number of H-pyrrole nitrogens is 1. The van der Waals surface area contributed by atoms with Gasteiger partial charge in [-0.2, -0.15) is 18.3 Å². The summed E-state index contributed by atoms with van der Waals surface area (Å²) in [7, 11) is 1.43. The molecule has 4 rings (SSSR count). The monoisotopic (exact) mass is 520 g/mol. The Balaban J connectivity index is 1.44. The van der Waals surface area contributed by atoms with Crippen molar-refractivity contribution in [1.82, 2.24) is 26.6 Å². The van der Waals surface area contributed by atoms with E-state index in [9.17, 15) is 22.8 Å². The molecule has 9 nitrogen and oxygen atoms in total. The predicted molar refractivity (Wildman–Crippen MR) is 125 cm³/mol. The van der Waals surface area contributed by atoms with Crippen LogP contribution in [-0.2, 0) is 12.7 Å². The molecule has 13 heteroatoms. The number of hydrazone groups is 1. The van der Waals surface area contributed by atoms with E-state index in [4.69, 9.17) is 16.3 Å². The predicted octanol–water partition coefficient (Wildman–Crippen LogP) is 3.89. The molecule has 36 heavy (non-hydrogen) atoms. The molecule has 0 saturated heterocycles. The summed E-state index contributed by atoms with van der Waals surface area (Å²) in [5.74, 6) is -0.306. The van der Waals surface area contributed by atoms with E-state index in [2.05, 4.69) is 31.7 Å². The third-order valence-electron chi connectivity index (χ3n) is 5.29. The minimum absolute atomic E-state index is 0.0766. The van der Waals surface area contributed by atoms with E-state index in [-0.39, 0.29) is 23.0 Å². The number of aromatic amines is 1. The lowest BCUT2D eigenvalue weighted by Crippen LogP contribution is -2.27. The van der Waals surface area contributed by atoms with E-state index in [1.165, 1.54) is 19.2 Å². The number of hydrogen-bond donors (Lipinski definition) is 5. The van der Waals surface area contributed by atoms with Crippen molar-refractivity contribution in [1.29, 1.82) is 0 Å². The summed E-state index contributed by atoms with van der Waals surface area (Å²) in [6, 6.07) is 10.8. The number of nitrogens with zero attached hydrogens (tertiary/aromatic N) is 1. The Bertz CT molecular complexity index is 1320. The summed E-state index contributed by atoms with van der Waals surface area (Å²) in [6.07, 6.45) is -3.53. The molecule has 1 aliphatic rings. The molecule has 1 unspecified atom stereocenters. The minimum atomic E-state index is -4.46. The maximum absolute atomic E-state index is 12.9. The van der Waals surface area contributed by atoms with E-state index < -0.39 is 29.8 Å². The highest BCUT2D eigenvalue weighted by molar-refractivity contribution is 6.32. The molecule has 0 bridgehead atoms. The average Bonchev–Trinajstić information content (AvgIpc) is 3.53. The average molecular weight is 521 g/mol. The van der Waals surface area contributed by atoms with Gasteiger partial charge in [-0.05, 0) is 41.5 Å². The van der Waals surface area contributed by atoms with Crippen molar-refractivity contribution in [3.8, 4) is 5.75 Å². The summed E-state index contributed by atoms with van der Waals surface area (Å²) in [5.41, 5.74) is 7.29. The van der Waals surface area contributed by atoms with Crippen LogP contribution in [0.2, 0.25) is 5.02 Å². The summed E-state index contributed by atoms with van der Waals surface area (Å²) in [4.78, 5) is 26.9. The molecule has 1 atom stereocenters. The van der Waals surface area contributed by atoms with Crippen molar-refractivity contribution < 1.29 is 27.5 Å². The fourth-order valence-corrected chi connectivity index (χ4v) is 3.73. The molecule has 2 aromatic carbocycles. The highest BCUT2D eigenvalue weighted by Crippen LogP contribution is 2.31. The van der Waals surface area contributed by atoms with Gasteiger partial charge in [0.15, 0.2) is 5.75 Å². The van der Waals surface area contributed by atoms with Crippen LogP contribution in [0.1, 0.15) is 38.8 Å². The van der Waals surface area contributed by atoms with Crippen molar-refractivity contribution in [3.05, 3.63) is 87.7 Å².